The first-order valence-electron chi connectivity index (χ1n) is 8.08. The van der Waals surface area contributed by atoms with Crippen LogP contribution in [0.1, 0.15) is 49.6 Å². The van der Waals surface area contributed by atoms with Crippen molar-refractivity contribution >= 4 is 5.97 Å². The van der Waals surface area contributed by atoms with Crippen molar-refractivity contribution in [2.75, 3.05) is 19.6 Å². The van der Waals surface area contributed by atoms with E-state index in [9.17, 15) is 4.79 Å². The van der Waals surface area contributed by atoms with Gasteiger partial charge in [-0.15, -0.1) is 5.10 Å². The number of aromatic carboxylic acids is 1. The van der Waals surface area contributed by atoms with Crippen molar-refractivity contribution in [1.29, 1.82) is 0 Å². The van der Waals surface area contributed by atoms with Crippen molar-refractivity contribution in [3.8, 4) is 0 Å². The third-order valence-corrected chi connectivity index (χ3v) is 5.17. The molecule has 3 unspecified atom stereocenters. The number of allylic oxidation sites excluding steroid dienone is 1. The minimum absolute atomic E-state index is 0.0260. The van der Waals surface area contributed by atoms with Crippen LogP contribution >= 0.6 is 0 Å². The fourth-order valence-electron chi connectivity index (χ4n) is 3.72. The molecule has 120 valence electrons. The Morgan fingerprint density at radius 3 is 2.95 bits per heavy atom. The molecule has 6 nitrogen and oxygen atoms in total. The zero-order valence-electron chi connectivity index (χ0n) is 13.3. The summed E-state index contributed by atoms with van der Waals surface area (Å²) in [6, 6.07) is 0.240. The minimum atomic E-state index is -1.02. The van der Waals surface area contributed by atoms with E-state index in [0.29, 0.717) is 5.92 Å². The van der Waals surface area contributed by atoms with Gasteiger partial charge in [-0.25, -0.2) is 9.48 Å². The summed E-state index contributed by atoms with van der Waals surface area (Å²) in [6.45, 7) is 7.68. The second-order valence-electron chi connectivity index (χ2n) is 6.70. The molecule has 0 bridgehead atoms. The molecule has 0 amide bonds. The lowest BCUT2D eigenvalue weighted by atomic mass is 9.80. The molecule has 1 aliphatic carbocycles. The van der Waals surface area contributed by atoms with Gasteiger partial charge in [0, 0.05) is 19.6 Å². The number of rotatable bonds is 4. The summed E-state index contributed by atoms with van der Waals surface area (Å²) < 4.78 is 1.72. The third-order valence-electron chi connectivity index (χ3n) is 5.17. The van der Waals surface area contributed by atoms with Crippen LogP contribution in [-0.2, 0) is 0 Å². The van der Waals surface area contributed by atoms with E-state index in [2.05, 4.69) is 35.1 Å². The molecule has 1 aromatic heterocycles. The van der Waals surface area contributed by atoms with Crippen molar-refractivity contribution in [3.05, 3.63) is 23.5 Å². The van der Waals surface area contributed by atoms with Gasteiger partial charge in [-0.1, -0.05) is 23.8 Å². The molecule has 3 rings (SSSR count). The fraction of sp³-hybridized carbons (Fsp3) is 0.688. The fourth-order valence-corrected chi connectivity index (χ4v) is 3.72. The number of hydrogen-bond donors (Lipinski definition) is 1. The van der Waals surface area contributed by atoms with Gasteiger partial charge in [-0.05, 0) is 38.0 Å². The van der Waals surface area contributed by atoms with E-state index in [4.69, 9.17) is 5.11 Å². The Balaban J connectivity index is 1.61. The second kappa shape index (κ2) is 6.20. The number of nitrogens with zero attached hydrogens (tertiary/aromatic N) is 4. The standard InChI is InChI=1S/C16H24N4O2/c1-11-4-3-5-12(2)14(11)9-19-7-6-13(8-19)20-10-15(16(21)22)17-18-20/h4,10,12-14H,3,5-9H2,1-2H3,(H,21,22). The van der Waals surface area contributed by atoms with Gasteiger partial charge in [0.05, 0.1) is 12.2 Å². The van der Waals surface area contributed by atoms with Crippen LogP contribution in [0.3, 0.4) is 0 Å². The highest BCUT2D eigenvalue weighted by atomic mass is 16.4. The molecule has 0 saturated carbocycles. The highest BCUT2D eigenvalue weighted by molar-refractivity contribution is 5.84. The molecule has 3 atom stereocenters. The number of aromatic nitrogens is 3. The molecule has 1 aromatic rings. The van der Waals surface area contributed by atoms with Gasteiger partial charge >= 0.3 is 5.97 Å². The number of likely N-dealkylation sites (tertiary alicyclic amines) is 1. The smallest absolute Gasteiger partial charge is 0.358 e. The SMILES string of the molecule is CC1=CCCC(C)C1CN1CCC(n2cc(C(=O)O)nn2)C1. The van der Waals surface area contributed by atoms with Gasteiger partial charge in [0.2, 0.25) is 0 Å². The molecule has 22 heavy (non-hydrogen) atoms. The molecule has 1 fully saturated rings. The lowest BCUT2D eigenvalue weighted by molar-refractivity contribution is 0.0690. The molecule has 0 spiro atoms. The first-order chi connectivity index (χ1) is 10.5. The van der Waals surface area contributed by atoms with E-state index in [-0.39, 0.29) is 11.7 Å². The summed E-state index contributed by atoms with van der Waals surface area (Å²) in [5.41, 5.74) is 1.55. The summed E-state index contributed by atoms with van der Waals surface area (Å²) in [4.78, 5) is 13.4. The number of hydrogen-bond acceptors (Lipinski definition) is 4. The Kier molecular flexibility index (Phi) is 4.29. The Morgan fingerprint density at radius 1 is 1.45 bits per heavy atom. The average molecular weight is 304 g/mol. The second-order valence-corrected chi connectivity index (χ2v) is 6.70. The summed E-state index contributed by atoms with van der Waals surface area (Å²) in [5, 5.41) is 16.6. The van der Waals surface area contributed by atoms with Gasteiger partial charge in [0.1, 0.15) is 0 Å². The normalized spacial score (nSPS) is 29.5. The van der Waals surface area contributed by atoms with Crippen molar-refractivity contribution in [3.63, 3.8) is 0 Å². The molecule has 0 aromatic carbocycles. The quantitative estimate of drug-likeness (QED) is 0.864. The van der Waals surface area contributed by atoms with E-state index in [1.54, 1.807) is 10.9 Å². The van der Waals surface area contributed by atoms with Crippen LogP contribution in [0.2, 0.25) is 0 Å². The van der Waals surface area contributed by atoms with Crippen molar-refractivity contribution in [2.24, 2.45) is 11.8 Å². The van der Waals surface area contributed by atoms with Crippen LogP contribution in [0.15, 0.2) is 17.8 Å². The van der Waals surface area contributed by atoms with Gasteiger partial charge in [-0.3, -0.25) is 0 Å². The van der Waals surface area contributed by atoms with Crippen LogP contribution in [0.4, 0.5) is 0 Å². The topological polar surface area (TPSA) is 71.2 Å². The number of carboxylic acid groups (broad SMARTS) is 1. The summed E-state index contributed by atoms with van der Waals surface area (Å²) in [6.07, 6.45) is 7.43. The molecule has 1 saturated heterocycles. The highest BCUT2D eigenvalue weighted by Crippen LogP contribution is 2.32. The monoisotopic (exact) mass is 304 g/mol. The lowest BCUT2D eigenvalue weighted by Crippen LogP contribution is -2.33. The Morgan fingerprint density at radius 2 is 2.27 bits per heavy atom. The first kappa shape index (κ1) is 15.2. The molecule has 2 heterocycles. The average Bonchev–Trinajstić information content (AvgIpc) is 3.12. The van der Waals surface area contributed by atoms with E-state index in [1.807, 2.05) is 0 Å². The maximum Gasteiger partial charge on any atom is 0.358 e. The predicted octanol–water partition coefficient (Wildman–Crippen LogP) is 2.22. The third kappa shape index (κ3) is 3.06. The maximum atomic E-state index is 10.9. The van der Waals surface area contributed by atoms with Crippen LogP contribution in [0, 0.1) is 11.8 Å². The van der Waals surface area contributed by atoms with E-state index >= 15 is 0 Å². The largest absolute Gasteiger partial charge is 0.476 e. The van der Waals surface area contributed by atoms with Crippen molar-refractivity contribution < 1.29 is 9.90 Å². The highest BCUT2D eigenvalue weighted by Gasteiger charge is 2.30. The van der Waals surface area contributed by atoms with Crippen molar-refractivity contribution in [1.82, 2.24) is 19.9 Å². The zero-order chi connectivity index (χ0) is 15.7. The maximum absolute atomic E-state index is 10.9. The molecule has 1 aliphatic heterocycles. The van der Waals surface area contributed by atoms with Crippen LogP contribution in [-0.4, -0.2) is 50.6 Å². The number of carboxylic acids is 1. The van der Waals surface area contributed by atoms with Crippen molar-refractivity contribution in [2.45, 2.75) is 39.2 Å². The molecule has 2 aliphatic rings. The van der Waals surface area contributed by atoms with Gasteiger partial charge < -0.3 is 10.0 Å². The molecule has 0 radical (unpaired) electrons. The zero-order valence-corrected chi connectivity index (χ0v) is 13.3. The Hall–Kier alpha value is -1.69. The van der Waals surface area contributed by atoms with Gasteiger partial charge in [-0.2, -0.15) is 0 Å². The Bertz CT molecular complexity index is 580. The summed E-state index contributed by atoms with van der Waals surface area (Å²) in [7, 11) is 0. The minimum Gasteiger partial charge on any atom is -0.476 e. The van der Waals surface area contributed by atoms with Crippen LogP contribution < -0.4 is 0 Å². The van der Waals surface area contributed by atoms with E-state index in [0.717, 1.165) is 32.0 Å². The van der Waals surface area contributed by atoms with E-state index in [1.165, 1.54) is 18.4 Å². The first-order valence-corrected chi connectivity index (χ1v) is 8.08. The van der Waals surface area contributed by atoms with E-state index < -0.39 is 5.97 Å². The Labute approximate surface area is 130 Å². The molecule has 6 heteroatoms. The summed E-state index contributed by atoms with van der Waals surface area (Å²) in [5.74, 6) is 0.379. The molecule has 1 N–H and O–H groups in total. The van der Waals surface area contributed by atoms with Crippen LogP contribution in [0.25, 0.3) is 0 Å². The van der Waals surface area contributed by atoms with Crippen LogP contribution in [0.5, 0.6) is 0 Å². The summed E-state index contributed by atoms with van der Waals surface area (Å²) >= 11 is 0. The predicted molar refractivity (Wildman–Crippen MR) is 82.7 cm³/mol. The van der Waals surface area contributed by atoms with Gasteiger partial charge in [0.15, 0.2) is 5.69 Å². The lowest BCUT2D eigenvalue weighted by Gasteiger charge is -2.32. The number of carbonyl (C=O) groups is 1. The molecular weight excluding hydrogens is 280 g/mol. The molecular formula is C16H24N4O2. The van der Waals surface area contributed by atoms with Gasteiger partial charge in [0.25, 0.3) is 0 Å².